The minimum Gasteiger partial charge on any atom is -0.497 e. The molecule has 2 aromatic carbocycles. The van der Waals surface area contributed by atoms with Gasteiger partial charge in [0.2, 0.25) is 0 Å². The number of aldehydes is 1. The molecule has 2 aromatic rings. The van der Waals surface area contributed by atoms with Gasteiger partial charge in [0.1, 0.15) is 12.0 Å². The van der Waals surface area contributed by atoms with Crippen molar-refractivity contribution < 1.29 is 9.53 Å². The lowest BCUT2D eigenvalue weighted by atomic mass is 10.0. The van der Waals surface area contributed by atoms with Crippen molar-refractivity contribution in [3.05, 3.63) is 64.2 Å². The van der Waals surface area contributed by atoms with Crippen LogP contribution in [0.4, 0.5) is 0 Å². The van der Waals surface area contributed by atoms with E-state index in [1.807, 2.05) is 30.3 Å². The SMILES string of the molecule is COc1cccc(Cc2cc(Cl)ccc2C=O)c1. The second-order valence-electron chi connectivity index (χ2n) is 3.99. The lowest BCUT2D eigenvalue weighted by Crippen LogP contribution is -1.95. The molecule has 2 rings (SSSR count). The van der Waals surface area contributed by atoms with Crippen LogP contribution in [0.2, 0.25) is 5.02 Å². The van der Waals surface area contributed by atoms with E-state index in [-0.39, 0.29) is 0 Å². The van der Waals surface area contributed by atoms with Gasteiger partial charge in [-0.15, -0.1) is 0 Å². The normalized spacial score (nSPS) is 10.1. The molecular formula is C15H13ClO2. The number of halogens is 1. The average Bonchev–Trinajstić information content (AvgIpc) is 2.39. The summed E-state index contributed by atoms with van der Waals surface area (Å²) in [4.78, 5) is 11.0. The van der Waals surface area contributed by atoms with Crippen LogP contribution >= 0.6 is 11.6 Å². The summed E-state index contributed by atoms with van der Waals surface area (Å²) in [6.07, 6.45) is 1.51. The van der Waals surface area contributed by atoms with Crippen molar-refractivity contribution in [1.29, 1.82) is 0 Å². The molecule has 0 aromatic heterocycles. The maximum absolute atomic E-state index is 11.0. The molecule has 0 aliphatic carbocycles. The van der Waals surface area contributed by atoms with Gasteiger partial charge in [0.05, 0.1) is 7.11 Å². The van der Waals surface area contributed by atoms with E-state index < -0.39 is 0 Å². The van der Waals surface area contributed by atoms with Crippen LogP contribution < -0.4 is 4.74 Å². The minimum atomic E-state index is 0.637. The number of rotatable bonds is 4. The standard InChI is InChI=1S/C15H13ClO2/c1-18-15-4-2-3-11(8-15)7-13-9-14(16)6-5-12(13)10-17/h2-6,8-10H,7H2,1H3. The number of ether oxygens (including phenoxy) is 1. The Morgan fingerprint density at radius 3 is 2.78 bits per heavy atom. The second-order valence-corrected chi connectivity index (χ2v) is 4.43. The van der Waals surface area contributed by atoms with E-state index >= 15 is 0 Å². The highest BCUT2D eigenvalue weighted by Gasteiger charge is 2.05. The number of methoxy groups -OCH3 is 1. The molecule has 0 saturated heterocycles. The summed E-state index contributed by atoms with van der Waals surface area (Å²) in [5, 5.41) is 0.637. The Hall–Kier alpha value is -1.80. The topological polar surface area (TPSA) is 26.3 Å². The van der Waals surface area contributed by atoms with Crippen molar-refractivity contribution in [2.75, 3.05) is 7.11 Å². The molecule has 3 heteroatoms. The van der Waals surface area contributed by atoms with Crippen LogP contribution in [0.5, 0.6) is 5.75 Å². The van der Waals surface area contributed by atoms with Crippen LogP contribution in [-0.2, 0) is 6.42 Å². The molecule has 0 heterocycles. The fraction of sp³-hybridized carbons (Fsp3) is 0.133. The third-order valence-corrected chi connectivity index (χ3v) is 3.00. The first-order valence-electron chi connectivity index (χ1n) is 5.59. The smallest absolute Gasteiger partial charge is 0.150 e. The molecule has 0 amide bonds. The number of hydrogen-bond acceptors (Lipinski definition) is 2. The summed E-state index contributed by atoms with van der Waals surface area (Å²) in [7, 11) is 1.63. The van der Waals surface area contributed by atoms with Gasteiger partial charge in [-0.05, 0) is 47.9 Å². The van der Waals surface area contributed by atoms with Crippen LogP contribution in [0, 0.1) is 0 Å². The molecule has 92 valence electrons. The molecule has 2 nitrogen and oxygen atoms in total. The fourth-order valence-corrected chi connectivity index (χ4v) is 2.04. The number of benzene rings is 2. The maximum atomic E-state index is 11.0. The van der Waals surface area contributed by atoms with Crippen LogP contribution in [0.3, 0.4) is 0 Å². The van der Waals surface area contributed by atoms with Crippen molar-refractivity contribution >= 4 is 17.9 Å². The largest absolute Gasteiger partial charge is 0.497 e. The Morgan fingerprint density at radius 2 is 2.06 bits per heavy atom. The molecule has 0 fully saturated rings. The van der Waals surface area contributed by atoms with Gasteiger partial charge in [0, 0.05) is 10.6 Å². The van der Waals surface area contributed by atoms with Crippen LogP contribution in [-0.4, -0.2) is 13.4 Å². The van der Waals surface area contributed by atoms with Crippen molar-refractivity contribution in [2.45, 2.75) is 6.42 Å². The first-order chi connectivity index (χ1) is 8.72. The predicted octanol–water partition coefficient (Wildman–Crippen LogP) is 3.75. The lowest BCUT2D eigenvalue weighted by molar-refractivity contribution is 0.112. The van der Waals surface area contributed by atoms with Gasteiger partial charge < -0.3 is 4.74 Å². The van der Waals surface area contributed by atoms with Crippen LogP contribution in [0.25, 0.3) is 0 Å². The molecule has 0 aliphatic rings. The summed E-state index contributed by atoms with van der Waals surface area (Å²) >= 11 is 5.96. The van der Waals surface area contributed by atoms with E-state index in [2.05, 4.69) is 0 Å². The summed E-state index contributed by atoms with van der Waals surface area (Å²) in [6, 6.07) is 13.1. The minimum absolute atomic E-state index is 0.637. The van der Waals surface area contributed by atoms with E-state index in [0.717, 1.165) is 23.2 Å². The molecule has 0 spiro atoms. The summed E-state index contributed by atoms with van der Waals surface area (Å²) in [5.41, 5.74) is 2.67. The molecule has 0 saturated carbocycles. The quantitative estimate of drug-likeness (QED) is 0.783. The molecular weight excluding hydrogens is 248 g/mol. The molecule has 18 heavy (non-hydrogen) atoms. The molecule has 0 bridgehead atoms. The average molecular weight is 261 g/mol. The van der Waals surface area contributed by atoms with E-state index in [1.54, 1.807) is 19.2 Å². The van der Waals surface area contributed by atoms with E-state index in [1.165, 1.54) is 0 Å². The van der Waals surface area contributed by atoms with Gasteiger partial charge in [0.15, 0.2) is 0 Å². The first-order valence-corrected chi connectivity index (χ1v) is 5.97. The number of carbonyl (C=O) groups excluding carboxylic acids is 1. The third kappa shape index (κ3) is 2.90. The number of carbonyl (C=O) groups is 1. The van der Waals surface area contributed by atoms with Crippen molar-refractivity contribution in [1.82, 2.24) is 0 Å². The summed E-state index contributed by atoms with van der Waals surface area (Å²) < 4.78 is 5.18. The highest BCUT2D eigenvalue weighted by atomic mass is 35.5. The summed E-state index contributed by atoms with van der Waals surface area (Å²) in [5.74, 6) is 0.808. The Labute approximate surface area is 111 Å². The van der Waals surface area contributed by atoms with Gasteiger partial charge in [0.25, 0.3) is 0 Å². The fourth-order valence-electron chi connectivity index (χ4n) is 1.84. The zero-order valence-corrected chi connectivity index (χ0v) is 10.8. The Bertz CT molecular complexity index is 564. The zero-order chi connectivity index (χ0) is 13.0. The van der Waals surface area contributed by atoms with Crippen LogP contribution in [0.15, 0.2) is 42.5 Å². The first kappa shape index (κ1) is 12.7. The second kappa shape index (κ2) is 5.69. The van der Waals surface area contributed by atoms with Gasteiger partial charge >= 0.3 is 0 Å². The Kier molecular flexibility index (Phi) is 4.00. The molecule has 0 unspecified atom stereocenters. The van der Waals surface area contributed by atoms with Gasteiger partial charge in [-0.3, -0.25) is 4.79 Å². The van der Waals surface area contributed by atoms with Crippen molar-refractivity contribution in [2.24, 2.45) is 0 Å². The zero-order valence-electron chi connectivity index (χ0n) is 10.0. The Morgan fingerprint density at radius 1 is 1.22 bits per heavy atom. The van der Waals surface area contributed by atoms with E-state index in [4.69, 9.17) is 16.3 Å². The Balaban J connectivity index is 2.32. The van der Waals surface area contributed by atoms with Gasteiger partial charge in [-0.25, -0.2) is 0 Å². The van der Waals surface area contributed by atoms with E-state index in [0.29, 0.717) is 17.0 Å². The highest BCUT2D eigenvalue weighted by Crippen LogP contribution is 2.20. The predicted molar refractivity (Wildman–Crippen MR) is 72.6 cm³/mol. The lowest BCUT2D eigenvalue weighted by Gasteiger charge is -2.07. The monoisotopic (exact) mass is 260 g/mol. The highest BCUT2D eigenvalue weighted by molar-refractivity contribution is 6.30. The van der Waals surface area contributed by atoms with E-state index in [9.17, 15) is 4.79 Å². The third-order valence-electron chi connectivity index (χ3n) is 2.76. The summed E-state index contributed by atoms with van der Waals surface area (Å²) in [6.45, 7) is 0. The molecule has 0 aliphatic heterocycles. The van der Waals surface area contributed by atoms with Gasteiger partial charge in [-0.1, -0.05) is 23.7 Å². The molecule has 0 N–H and O–H groups in total. The van der Waals surface area contributed by atoms with Crippen molar-refractivity contribution in [3.63, 3.8) is 0 Å². The van der Waals surface area contributed by atoms with Gasteiger partial charge in [-0.2, -0.15) is 0 Å². The van der Waals surface area contributed by atoms with Crippen LogP contribution in [0.1, 0.15) is 21.5 Å². The molecule has 0 radical (unpaired) electrons. The van der Waals surface area contributed by atoms with Crippen molar-refractivity contribution in [3.8, 4) is 5.75 Å². The molecule has 0 atom stereocenters. The number of hydrogen-bond donors (Lipinski definition) is 0. The maximum Gasteiger partial charge on any atom is 0.150 e.